The predicted octanol–water partition coefficient (Wildman–Crippen LogP) is 2.30. The highest BCUT2D eigenvalue weighted by Crippen LogP contribution is 2.11. The van der Waals surface area contributed by atoms with Crippen LogP contribution in [0.4, 0.5) is 0 Å². The molecule has 1 nitrogen and oxygen atoms in total. The van der Waals surface area contributed by atoms with Crippen LogP contribution in [0, 0.1) is 6.92 Å². The van der Waals surface area contributed by atoms with Crippen molar-refractivity contribution < 1.29 is 0 Å². The lowest BCUT2D eigenvalue weighted by Crippen LogP contribution is -2.05. The maximum Gasteiger partial charge on any atom is 0.114 e. The van der Waals surface area contributed by atoms with Gasteiger partial charge in [-0.1, -0.05) is 30.9 Å². The molecule has 1 heterocycles. The summed E-state index contributed by atoms with van der Waals surface area (Å²) in [6.45, 7) is 6.02. The van der Waals surface area contributed by atoms with Gasteiger partial charge in [0.1, 0.15) is 7.85 Å². The van der Waals surface area contributed by atoms with Crippen molar-refractivity contribution in [3.05, 3.63) is 30.0 Å². The lowest BCUT2D eigenvalue weighted by Gasteiger charge is -1.98. The Balaban J connectivity index is 0.000000396. The summed E-state index contributed by atoms with van der Waals surface area (Å²) in [5.74, 6) is 0. The number of fused-ring (bicyclic) bond motifs is 1. The summed E-state index contributed by atoms with van der Waals surface area (Å²) in [5.41, 5.74) is 3.09. The number of H-pyrrole nitrogens is 1. The largest absolute Gasteiger partial charge is 0.361 e. The molecule has 1 aromatic carbocycles. The highest BCUT2D eigenvalue weighted by molar-refractivity contribution is 6.34. The second-order valence-electron chi connectivity index (χ2n) is 2.77. The summed E-state index contributed by atoms with van der Waals surface area (Å²) in [7, 11) is 5.73. The molecule has 66 valence electrons. The van der Waals surface area contributed by atoms with Crippen LogP contribution < -0.4 is 5.46 Å². The molecule has 1 N–H and O–H groups in total. The fourth-order valence-electron chi connectivity index (χ4n) is 1.23. The SMILES string of the molecule is CC.[B]c1cc2[nH]ccc2cc1C. The minimum atomic E-state index is 0.847. The molecule has 13 heavy (non-hydrogen) atoms. The van der Waals surface area contributed by atoms with Crippen LogP contribution in [0.25, 0.3) is 10.9 Å². The maximum atomic E-state index is 5.73. The van der Waals surface area contributed by atoms with Crippen molar-refractivity contribution in [1.29, 1.82) is 0 Å². The second-order valence-corrected chi connectivity index (χ2v) is 2.77. The Labute approximate surface area is 80.6 Å². The highest BCUT2D eigenvalue weighted by atomic mass is 14.7. The fourth-order valence-corrected chi connectivity index (χ4v) is 1.23. The third-order valence-corrected chi connectivity index (χ3v) is 1.94. The summed E-state index contributed by atoms with van der Waals surface area (Å²) in [4.78, 5) is 3.11. The Bertz CT molecular complexity index is 354. The molecule has 0 aliphatic carbocycles. The lowest BCUT2D eigenvalue weighted by atomic mass is 9.90. The average Bonchev–Trinajstić information content (AvgIpc) is 2.56. The van der Waals surface area contributed by atoms with E-state index in [1.807, 2.05) is 39.1 Å². The Morgan fingerprint density at radius 1 is 1.23 bits per heavy atom. The summed E-state index contributed by atoms with van der Waals surface area (Å²) >= 11 is 0. The number of benzene rings is 1. The van der Waals surface area contributed by atoms with Gasteiger partial charge in [0.2, 0.25) is 0 Å². The third-order valence-electron chi connectivity index (χ3n) is 1.94. The van der Waals surface area contributed by atoms with Crippen molar-refractivity contribution >= 4 is 24.2 Å². The van der Waals surface area contributed by atoms with Gasteiger partial charge in [0, 0.05) is 11.7 Å². The first-order valence-corrected chi connectivity index (χ1v) is 4.60. The van der Waals surface area contributed by atoms with Crippen LogP contribution in [0.2, 0.25) is 0 Å². The zero-order valence-corrected chi connectivity index (χ0v) is 8.39. The number of aromatic nitrogens is 1. The van der Waals surface area contributed by atoms with Crippen LogP contribution in [0.5, 0.6) is 0 Å². The van der Waals surface area contributed by atoms with Gasteiger partial charge in [-0.15, -0.1) is 0 Å². The van der Waals surface area contributed by atoms with Gasteiger partial charge in [-0.3, -0.25) is 0 Å². The van der Waals surface area contributed by atoms with Gasteiger partial charge in [-0.05, 0) is 24.4 Å². The average molecular weight is 171 g/mol. The van der Waals surface area contributed by atoms with Gasteiger partial charge in [-0.25, -0.2) is 0 Å². The minimum Gasteiger partial charge on any atom is -0.361 e. The first kappa shape index (κ1) is 9.91. The van der Waals surface area contributed by atoms with Gasteiger partial charge >= 0.3 is 0 Å². The van der Waals surface area contributed by atoms with Gasteiger partial charge in [-0.2, -0.15) is 0 Å². The molecule has 0 saturated carbocycles. The molecular weight excluding hydrogens is 157 g/mol. The fraction of sp³-hybridized carbons (Fsp3) is 0.273. The first-order chi connectivity index (χ1) is 6.27. The van der Waals surface area contributed by atoms with Crippen LogP contribution >= 0.6 is 0 Å². The lowest BCUT2D eigenvalue weighted by molar-refractivity contribution is 1.47. The highest BCUT2D eigenvalue weighted by Gasteiger charge is 1.96. The van der Waals surface area contributed by atoms with Gasteiger partial charge in [0.15, 0.2) is 0 Å². The number of hydrogen-bond donors (Lipinski definition) is 1. The van der Waals surface area contributed by atoms with Gasteiger partial charge in [0.05, 0.1) is 0 Å². The molecule has 0 bridgehead atoms. The van der Waals surface area contributed by atoms with E-state index in [2.05, 4.69) is 11.1 Å². The molecule has 0 aliphatic rings. The quantitative estimate of drug-likeness (QED) is 0.585. The van der Waals surface area contributed by atoms with Crippen LogP contribution in [0.15, 0.2) is 24.4 Å². The van der Waals surface area contributed by atoms with E-state index in [1.165, 1.54) is 5.39 Å². The van der Waals surface area contributed by atoms with Gasteiger partial charge in [0.25, 0.3) is 0 Å². The van der Waals surface area contributed by atoms with Crippen molar-refractivity contribution in [2.75, 3.05) is 0 Å². The molecule has 0 unspecified atom stereocenters. The van der Waals surface area contributed by atoms with E-state index in [-0.39, 0.29) is 0 Å². The van der Waals surface area contributed by atoms with E-state index in [4.69, 9.17) is 7.85 Å². The van der Waals surface area contributed by atoms with Crippen LogP contribution in [-0.2, 0) is 0 Å². The second kappa shape index (κ2) is 4.17. The van der Waals surface area contributed by atoms with E-state index in [9.17, 15) is 0 Å². The zero-order valence-electron chi connectivity index (χ0n) is 8.39. The molecule has 2 heteroatoms. The standard InChI is InChI=1S/C9H8BN.C2H6/c1-6-4-7-2-3-11-9(7)5-8(6)10;1-2/h2-5,11H,1H3;1-2H3. The van der Waals surface area contributed by atoms with E-state index in [1.54, 1.807) is 0 Å². The van der Waals surface area contributed by atoms with E-state index in [0.29, 0.717) is 0 Å². The van der Waals surface area contributed by atoms with Gasteiger partial charge < -0.3 is 4.98 Å². The zero-order chi connectivity index (χ0) is 9.84. The Kier molecular flexibility index (Phi) is 3.18. The summed E-state index contributed by atoms with van der Waals surface area (Å²) in [6, 6.07) is 6.09. The summed E-state index contributed by atoms with van der Waals surface area (Å²) < 4.78 is 0. The number of nitrogens with one attached hydrogen (secondary N) is 1. The Morgan fingerprint density at radius 2 is 1.92 bits per heavy atom. The molecule has 0 fully saturated rings. The molecule has 1 aromatic heterocycles. The topological polar surface area (TPSA) is 15.8 Å². The van der Waals surface area contributed by atoms with Crippen LogP contribution in [0.3, 0.4) is 0 Å². The van der Waals surface area contributed by atoms with E-state index < -0.39 is 0 Å². The molecule has 0 aliphatic heterocycles. The molecule has 2 radical (unpaired) electrons. The number of hydrogen-bond acceptors (Lipinski definition) is 0. The monoisotopic (exact) mass is 171 g/mol. The van der Waals surface area contributed by atoms with Crippen LogP contribution in [-0.4, -0.2) is 12.8 Å². The van der Waals surface area contributed by atoms with E-state index >= 15 is 0 Å². The minimum absolute atomic E-state index is 0.847. The smallest absolute Gasteiger partial charge is 0.114 e. The number of rotatable bonds is 0. The molecule has 0 saturated heterocycles. The number of aryl methyl sites for hydroxylation is 1. The van der Waals surface area contributed by atoms with Crippen molar-refractivity contribution in [2.24, 2.45) is 0 Å². The molecule has 0 amide bonds. The Morgan fingerprint density at radius 3 is 2.62 bits per heavy atom. The van der Waals surface area contributed by atoms with E-state index in [0.717, 1.165) is 16.5 Å². The summed E-state index contributed by atoms with van der Waals surface area (Å²) in [6.07, 6.45) is 1.92. The first-order valence-electron chi connectivity index (χ1n) is 4.60. The third kappa shape index (κ3) is 1.94. The molecule has 0 atom stereocenters. The maximum absolute atomic E-state index is 5.73. The molecule has 2 rings (SSSR count). The number of aromatic amines is 1. The summed E-state index contributed by atoms with van der Waals surface area (Å²) in [5, 5.41) is 1.22. The molecule has 2 aromatic rings. The van der Waals surface area contributed by atoms with Crippen LogP contribution in [0.1, 0.15) is 19.4 Å². The van der Waals surface area contributed by atoms with Crippen molar-refractivity contribution in [3.8, 4) is 0 Å². The normalized spacial score (nSPS) is 9.46. The molecular formula is C11H14BN. The molecule has 0 spiro atoms. The predicted molar refractivity (Wildman–Crippen MR) is 59.8 cm³/mol. The van der Waals surface area contributed by atoms with Crippen molar-refractivity contribution in [3.63, 3.8) is 0 Å². The van der Waals surface area contributed by atoms with Crippen molar-refractivity contribution in [1.82, 2.24) is 4.98 Å². The Hall–Kier alpha value is -1.18. The van der Waals surface area contributed by atoms with Crippen molar-refractivity contribution in [2.45, 2.75) is 20.8 Å².